The Labute approximate surface area is 136 Å². The molecule has 130 valence electrons. The van der Waals surface area contributed by atoms with Crippen molar-refractivity contribution in [2.24, 2.45) is 11.8 Å². The van der Waals surface area contributed by atoms with Gasteiger partial charge in [-0.3, -0.25) is 0 Å². The molecule has 0 aromatic heterocycles. The second-order valence-corrected chi connectivity index (χ2v) is 6.87. The van der Waals surface area contributed by atoms with Gasteiger partial charge < -0.3 is 0 Å². The normalized spacial score (nSPS) is 22.3. The van der Waals surface area contributed by atoms with Crippen LogP contribution >= 0.6 is 0 Å². The molecule has 1 saturated carbocycles. The minimum absolute atomic E-state index is 0.408. The van der Waals surface area contributed by atoms with Crippen molar-refractivity contribution in [2.75, 3.05) is 0 Å². The molecule has 0 spiro atoms. The monoisotopic (exact) mass is 330 g/mol. The van der Waals surface area contributed by atoms with Gasteiger partial charge in [0.2, 0.25) is 0 Å². The third-order valence-corrected chi connectivity index (χ3v) is 5.13. The summed E-state index contributed by atoms with van der Waals surface area (Å²) in [6.45, 7) is 2.21. The SMILES string of the molecule is CCCCC1CCC(CCc2ccc(C(F)(F)F)cc2F)CC1. The van der Waals surface area contributed by atoms with Crippen molar-refractivity contribution in [3.8, 4) is 0 Å². The molecule has 0 heterocycles. The van der Waals surface area contributed by atoms with Gasteiger partial charge in [0.1, 0.15) is 5.82 Å². The maximum atomic E-state index is 13.8. The molecule has 2 rings (SSSR count). The van der Waals surface area contributed by atoms with Crippen LogP contribution in [0.3, 0.4) is 0 Å². The number of alkyl halides is 3. The predicted octanol–water partition coefficient (Wildman–Crippen LogP) is 6.77. The first-order valence-corrected chi connectivity index (χ1v) is 8.75. The molecule has 0 saturated heterocycles. The van der Waals surface area contributed by atoms with Crippen molar-refractivity contribution < 1.29 is 17.6 Å². The smallest absolute Gasteiger partial charge is 0.207 e. The highest BCUT2D eigenvalue weighted by Gasteiger charge is 2.31. The van der Waals surface area contributed by atoms with E-state index < -0.39 is 17.6 Å². The Morgan fingerprint density at radius 3 is 2.13 bits per heavy atom. The van der Waals surface area contributed by atoms with Crippen LogP contribution in [-0.2, 0) is 12.6 Å². The van der Waals surface area contributed by atoms with E-state index in [1.807, 2.05) is 0 Å². The molecular formula is C19H26F4. The van der Waals surface area contributed by atoms with Crippen LogP contribution in [0, 0.1) is 17.7 Å². The van der Waals surface area contributed by atoms with Crippen LogP contribution in [0.4, 0.5) is 17.6 Å². The van der Waals surface area contributed by atoms with Crippen molar-refractivity contribution in [1.29, 1.82) is 0 Å². The van der Waals surface area contributed by atoms with Gasteiger partial charge in [-0.1, -0.05) is 57.9 Å². The van der Waals surface area contributed by atoms with Crippen LogP contribution < -0.4 is 0 Å². The Balaban J connectivity index is 1.81. The van der Waals surface area contributed by atoms with Crippen LogP contribution in [0.5, 0.6) is 0 Å². The first-order chi connectivity index (χ1) is 10.9. The molecule has 1 fully saturated rings. The van der Waals surface area contributed by atoms with Crippen molar-refractivity contribution in [3.63, 3.8) is 0 Å². The molecule has 0 bridgehead atoms. The standard InChI is InChI=1S/C19H26F4/c1-2-3-4-14-5-7-15(8-6-14)9-10-16-11-12-17(13-18(16)20)19(21,22)23/h11-15H,2-10H2,1H3. The Morgan fingerprint density at radius 1 is 1.00 bits per heavy atom. The summed E-state index contributed by atoms with van der Waals surface area (Å²) in [6.07, 6.45) is 5.65. The molecule has 1 aromatic carbocycles. The molecular weight excluding hydrogens is 304 g/mol. The third-order valence-electron chi connectivity index (χ3n) is 5.13. The summed E-state index contributed by atoms with van der Waals surface area (Å²) in [4.78, 5) is 0. The lowest BCUT2D eigenvalue weighted by Crippen LogP contribution is -2.15. The minimum Gasteiger partial charge on any atom is -0.207 e. The number of benzene rings is 1. The van der Waals surface area contributed by atoms with Crippen molar-refractivity contribution in [2.45, 2.75) is 70.9 Å². The van der Waals surface area contributed by atoms with E-state index in [0.717, 1.165) is 18.4 Å². The second-order valence-electron chi connectivity index (χ2n) is 6.87. The van der Waals surface area contributed by atoms with Gasteiger partial charge in [0, 0.05) is 0 Å². The van der Waals surface area contributed by atoms with Gasteiger partial charge in [-0.2, -0.15) is 13.2 Å². The zero-order valence-corrected chi connectivity index (χ0v) is 13.8. The van der Waals surface area contributed by atoms with Gasteiger partial charge in [0.15, 0.2) is 0 Å². The Bertz CT molecular complexity index is 485. The largest absolute Gasteiger partial charge is 0.416 e. The maximum Gasteiger partial charge on any atom is 0.416 e. The van der Waals surface area contributed by atoms with Crippen LogP contribution in [0.1, 0.15) is 69.4 Å². The van der Waals surface area contributed by atoms with Crippen LogP contribution in [0.2, 0.25) is 0 Å². The molecule has 23 heavy (non-hydrogen) atoms. The third kappa shape index (κ3) is 5.50. The van der Waals surface area contributed by atoms with Gasteiger partial charge >= 0.3 is 6.18 Å². The van der Waals surface area contributed by atoms with E-state index in [-0.39, 0.29) is 0 Å². The van der Waals surface area contributed by atoms with E-state index in [2.05, 4.69) is 6.92 Å². The Kier molecular flexibility index (Phi) is 6.49. The highest BCUT2D eigenvalue weighted by molar-refractivity contribution is 5.26. The summed E-state index contributed by atoms with van der Waals surface area (Å²) in [6, 6.07) is 2.90. The van der Waals surface area contributed by atoms with E-state index in [0.29, 0.717) is 24.0 Å². The van der Waals surface area contributed by atoms with Crippen LogP contribution in [0.25, 0.3) is 0 Å². The van der Waals surface area contributed by atoms with E-state index in [9.17, 15) is 17.6 Å². The first kappa shape index (κ1) is 18.3. The number of unbranched alkanes of at least 4 members (excludes halogenated alkanes) is 1. The molecule has 0 nitrogen and oxygen atoms in total. The Hall–Kier alpha value is -1.06. The molecule has 0 unspecified atom stereocenters. The second kappa shape index (κ2) is 8.16. The fourth-order valence-electron chi connectivity index (χ4n) is 3.59. The lowest BCUT2D eigenvalue weighted by Gasteiger charge is -2.28. The van der Waals surface area contributed by atoms with Gasteiger partial charge in [-0.05, 0) is 42.4 Å². The molecule has 1 aliphatic rings. The van der Waals surface area contributed by atoms with E-state index >= 15 is 0 Å². The maximum absolute atomic E-state index is 13.8. The highest BCUT2D eigenvalue weighted by atomic mass is 19.4. The molecule has 0 N–H and O–H groups in total. The molecule has 4 heteroatoms. The summed E-state index contributed by atoms with van der Waals surface area (Å²) in [5.41, 5.74) is -0.499. The van der Waals surface area contributed by atoms with Crippen LogP contribution in [0.15, 0.2) is 18.2 Å². The van der Waals surface area contributed by atoms with Gasteiger partial charge in [-0.25, -0.2) is 4.39 Å². The summed E-state index contributed by atoms with van der Waals surface area (Å²) in [5.74, 6) is 0.708. The average molecular weight is 330 g/mol. The molecule has 0 amide bonds. The minimum atomic E-state index is -4.48. The molecule has 0 radical (unpaired) electrons. The lowest BCUT2D eigenvalue weighted by atomic mass is 9.78. The van der Waals surface area contributed by atoms with Gasteiger partial charge in [-0.15, -0.1) is 0 Å². The number of rotatable bonds is 6. The van der Waals surface area contributed by atoms with E-state index in [4.69, 9.17) is 0 Å². The number of halogens is 4. The topological polar surface area (TPSA) is 0 Å². The van der Waals surface area contributed by atoms with Gasteiger partial charge in [0.05, 0.1) is 5.56 Å². The summed E-state index contributed by atoms with van der Waals surface area (Å²) < 4.78 is 51.4. The molecule has 1 aromatic rings. The number of aryl methyl sites for hydroxylation is 1. The number of hydrogen-bond donors (Lipinski definition) is 0. The lowest BCUT2D eigenvalue weighted by molar-refractivity contribution is -0.137. The fraction of sp³-hybridized carbons (Fsp3) is 0.684. The van der Waals surface area contributed by atoms with Crippen LogP contribution in [-0.4, -0.2) is 0 Å². The van der Waals surface area contributed by atoms with Crippen molar-refractivity contribution >= 4 is 0 Å². The summed E-state index contributed by atoms with van der Waals surface area (Å²) in [5, 5.41) is 0. The molecule has 0 aliphatic heterocycles. The van der Waals surface area contributed by atoms with E-state index in [1.165, 1.54) is 51.0 Å². The average Bonchev–Trinajstić information content (AvgIpc) is 2.52. The predicted molar refractivity (Wildman–Crippen MR) is 84.7 cm³/mol. The van der Waals surface area contributed by atoms with Crippen molar-refractivity contribution in [3.05, 3.63) is 35.1 Å². The zero-order valence-electron chi connectivity index (χ0n) is 13.8. The summed E-state index contributed by atoms with van der Waals surface area (Å²) >= 11 is 0. The van der Waals surface area contributed by atoms with E-state index in [1.54, 1.807) is 0 Å². The van der Waals surface area contributed by atoms with Gasteiger partial charge in [0.25, 0.3) is 0 Å². The Morgan fingerprint density at radius 2 is 1.61 bits per heavy atom. The quantitative estimate of drug-likeness (QED) is 0.505. The highest BCUT2D eigenvalue weighted by Crippen LogP contribution is 2.35. The summed E-state index contributed by atoms with van der Waals surface area (Å²) in [7, 11) is 0. The molecule has 0 atom stereocenters. The zero-order chi connectivity index (χ0) is 16.9. The molecule has 1 aliphatic carbocycles. The van der Waals surface area contributed by atoms with Crippen molar-refractivity contribution in [1.82, 2.24) is 0 Å². The fourth-order valence-corrected chi connectivity index (χ4v) is 3.59. The first-order valence-electron chi connectivity index (χ1n) is 8.75. The number of hydrogen-bond acceptors (Lipinski definition) is 0.